The molecule has 1 aliphatic rings. The summed E-state index contributed by atoms with van der Waals surface area (Å²) in [5.74, 6) is -2.72. The van der Waals surface area contributed by atoms with E-state index in [1.54, 1.807) is 0 Å². The first-order chi connectivity index (χ1) is 7.87. The van der Waals surface area contributed by atoms with Gasteiger partial charge in [-0.2, -0.15) is 0 Å². The molecule has 1 saturated heterocycles. The van der Waals surface area contributed by atoms with Crippen molar-refractivity contribution in [1.82, 2.24) is 4.98 Å². The standard InChI is InChI=1S/C10H9ClF2N2O2/c1-6(16)17-7-2-3-8(14-9(7)11)15-4-10(12,13)5-15/h2-3H,4-5H2,1H3. The van der Waals surface area contributed by atoms with Crippen LogP contribution in [-0.4, -0.2) is 30.0 Å². The predicted octanol–water partition coefficient (Wildman–Crippen LogP) is 2.12. The Morgan fingerprint density at radius 1 is 1.53 bits per heavy atom. The van der Waals surface area contributed by atoms with E-state index >= 15 is 0 Å². The number of pyridine rings is 1. The molecule has 1 aromatic heterocycles. The van der Waals surface area contributed by atoms with Crippen molar-refractivity contribution in [1.29, 1.82) is 0 Å². The average Bonchev–Trinajstić information content (AvgIpc) is 2.17. The van der Waals surface area contributed by atoms with Crippen molar-refractivity contribution in [2.24, 2.45) is 0 Å². The van der Waals surface area contributed by atoms with Gasteiger partial charge in [-0.15, -0.1) is 0 Å². The summed E-state index contributed by atoms with van der Waals surface area (Å²) in [6.45, 7) is 0.493. The Hall–Kier alpha value is -1.43. The van der Waals surface area contributed by atoms with Crippen LogP contribution in [0.15, 0.2) is 12.1 Å². The van der Waals surface area contributed by atoms with Gasteiger partial charge >= 0.3 is 5.97 Å². The molecule has 7 heteroatoms. The minimum atomic E-state index is -2.66. The van der Waals surface area contributed by atoms with Crippen LogP contribution in [0.4, 0.5) is 14.6 Å². The minimum absolute atomic E-state index is 0.0204. The van der Waals surface area contributed by atoms with Crippen molar-refractivity contribution in [3.05, 3.63) is 17.3 Å². The SMILES string of the molecule is CC(=O)Oc1ccc(N2CC(F)(F)C2)nc1Cl. The van der Waals surface area contributed by atoms with Gasteiger partial charge in [0.2, 0.25) is 0 Å². The lowest BCUT2D eigenvalue weighted by atomic mass is 10.1. The van der Waals surface area contributed by atoms with Gasteiger partial charge in [0.1, 0.15) is 5.82 Å². The molecule has 0 N–H and O–H groups in total. The number of carbonyl (C=O) groups is 1. The zero-order chi connectivity index (χ0) is 12.6. The Labute approximate surface area is 101 Å². The van der Waals surface area contributed by atoms with Crippen molar-refractivity contribution < 1.29 is 18.3 Å². The van der Waals surface area contributed by atoms with Gasteiger partial charge in [-0.25, -0.2) is 13.8 Å². The van der Waals surface area contributed by atoms with E-state index in [0.717, 1.165) is 0 Å². The Bertz CT molecular complexity index is 460. The maximum absolute atomic E-state index is 12.7. The molecule has 0 bridgehead atoms. The Kier molecular flexibility index (Phi) is 2.91. The normalized spacial score (nSPS) is 17.5. The summed E-state index contributed by atoms with van der Waals surface area (Å²) in [6, 6.07) is 2.92. The van der Waals surface area contributed by atoms with Gasteiger partial charge in [0, 0.05) is 6.92 Å². The fourth-order valence-electron chi connectivity index (χ4n) is 1.49. The third-order valence-corrected chi connectivity index (χ3v) is 2.49. The van der Waals surface area contributed by atoms with E-state index in [0.29, 0.717) is 5.82 Å². The highest BCUT2D eigenvalue weighted by atomic mass is 35.5. The van der Waals surface area contributed by atoms with E-state index in [2.05, 4.69) is 4.98 Å². The molecular formula is C10H9ClF2N2O2. The molecule has 0 saturated carbocycles. The summed E-state index contributed by atoms with van der Waals surface area (Å²) >= 11 is 5.77. The molecule has 0 aromatic carbocycles. The Morgan fingerprint density at radius 3 is 2.65 bits per heavy atom. The van der Waals surface area contributed by atoms with Crippen LogP contribution in [-0.2, 0) is 4.79 Å². The predicted molar refractivity (Wildman–Crippen MR) is 57.7 cm³/mol. The number of ether oxygens (including phenoxy) is 1. The number of hydrogen-bond donors (Lipinski definition) is 0. The van der Waals surface area contributed by atoms with Crippen molar-refractivity contribution in [2.75, 3.05) is 18.0 Å². The fourth-order valence-corrected chi connectivity index (χ4v) is 1.68. The molecular weight excluding hydrogens is 254 g/mol. The van der Waals surface area contributed by atoms with Gasteiger partial charge in [-0.3, -0.25) is 4.79 Å². The van der Waals surface area contributed by atoms with Crippen LogP contribution in [0.5, 0.6) is 5.75 Å². The second-order valence-corrected chi connectivity index (χ2v) is 4.12. The number of hydrogen-bond acceptors (Lipinski definition) is 4. The van der Waals surface area contributed by atoms with E-state index in [9.17, 15) is 13.6 Å². The summed E-state index contributed by atoms with van der Waals surface area (Å²) in [7, 11) is 0. The zero-order valence-corrected chi connectivity index (χ0v) is 9.67. The van der Waals surface area contributed by atoms with E-state index in [-0.39, 0.29) is 24.0 Å². The van der Waals surface area contributed by atoms with Crippen LogP contribution >= 0.6 is 11.6 Å². The fraction of sp³-hybridized carbons (Fsp3) is 0.400. The van der Waals surface area contributed by atoms with Crippen molar-refractivity contribution in [2.45, 2.75) is 12.8 Å². The molecule has 0 atom stereocenters. The summed E-state index contributed by atoms with van der Waals surface area (Å²) < 4.78 is 30.1. The largest absolute Gasteiger partial charge is 0.423 e. The van der Waals surface area contributed by atoms with Crippen LogP contribution in [0.25, 0.3) is 0 Å². The molecule has 0 radical (unpaired) electrons. The molecule has 0 spiro atoms. The second kappa shape index (κ2) is 4.10. The third-order valence-electron chi connectivity index (χ3n) is 2.22. The molecule has 0 aliphatic carbocycles. The van der Waals surface area contributed by atoms with Crippen LogP contribution < -0.4 is 9.64 Å². The van der Waals surface area contributed by atoms with Crippen molar-refractivity contribution >= 4 is 23.4 Å². The molecule has 2 rings (SSSR count). The number of esters is 1. The average molecular weight is 263 g/mol. The monoisotopic (exact) mass is 262 g/mol. The highest BCUT2D eigenvalue weighted by Crippen LogP contribution is 2.33. The molecule has 0 amide bonds. The Morgan fingerprint density at radius 2 is 2.18 bits per heavy atom. The van der Waals surface area contributed by atoms with E-state index in [1.807, 2.05) is 0 Å². The van der Waals surface area contributed by atoms with Crippen molar-refractivity contribution in [3.8, 4) is 5.75 Å². The maximum atomic E-state index is 12.7. The molecule has 1 aliphatic heterocycles. The third kappa shape index (κ3) is 2.63. The second-order valence-electron chi connectivity index (χ2n) is 3.76. The lowest BCUT2D eigenvalue weighted by molar-refractivity contribution is -0.131. The smallest absolute Gasteiger partial charge is 0.308 e. The lowest BCUT2D eigenvalue weighted by Crippen LogP contribution is -2.56. The summed E-state index contributed by atoms with van der Waals surface area (Å²) in [6.07, 6.45) is 0. The number of halogens is 3. The van der Waals surface area contributed by atoms with Gasteiger partial charge in [-0.05, 0) is 12.1 Å². The molecule has 17 heavy (non-hydrogen) atoms. The van der Waals surface area contributed by atoms with Gasteiger partial charge < -0.3 is 9.64 Å². The summed E-state index contributed by atoms with van der Waals surface area (Å²) in [4.78, 5) is 16.0. The molecule has 4 nitrogen and oxygen atoms in total. The first-order valence-electron chi connectivity index (χ1n) is 4.85. The van der Waals surface area contributed by atoms with Crippen LogP contribution in [0.1, 0.15) is 6.92 Å². The number of rotatable bonds is 2. The van der Waals surface area contributed by atoms with Crippen LogP contribution in [0.2, 0.25) is 5.15 Å². The summed E-state index contributed by atoms with van der Waals surface area (Å²) in [5, 5.41) is -0.0204. The number of nitrogens with zero attached hydrogens (tertiary/aromatic N) is 2. The highest BCUT2D eigenvalue weighted by Gasteiger charge is 2.44. The summed E-state index contributed by atoms with van der Waals surface area (Å²) in [5.41, 5.74) is 0. The number of alkyl halides is 2. The molecule has 2 heterocycles. The lowest BCUT2D eigenvalue weighted by Gasteiger charge is -2.39. The number of aromatic nitrogens is 1. The van der Waals surface area contributed by atoms with Gasteiger partial charge in [0.25, 0.3) is 5.92 Å². The molecule has 1 aromatic rings. The quantitative estimate of drug-likeness (QED) is 0.605. The van der Waals surface area contributed by atoms with Crippen molar-refractivity contribution in [3.63, 3.8) is 0 Å². The topological polar surface area (TPSA) is 42.4 Å². The molecule has 92 valence electrons. The molecule has 0 unspecified atom stereocenters. The Balaban J connectivity index is 2.12. The maximum Gasteiger partial charge on any atom is 0.308 e. The number of anilines is 1. The molecule has 1 fully saturated rings. The van der Waals surface area contributed by atoms with E-state index in [4.69, 9.17) is 16.3 Å². The van der Waals surface area contributed by atoms with Crippen LogP contribution in [0, 0.1) is 0 Å². The van der Waals surface area contributed by atoms with Gasteiger partial charge in [0.05, 0.1) is 13.1 Å². The minimum Gasteiger partial charge on any atom is -0.423 e. The number of carbonyl (C=O) groups excluding carboxylic acids is 1. The van der Waals surface area contributed by atoms with E-state index in [1.165, 1.54) is 24.0 Å². The van der Waals surface area contributed by atoms with Crippen LogP contribution in [0.3, 0.4) is 0 Å². The zero-order valence-electron chi connectivity index (χ0n) is 8.91. The first kappa shape index (κ1) is 12.0. The van der Waals surface area contributed by atoms with Gasteiger partial charge in [-0.1, -0.05) is 11.6 Å². The highest BCUT2D eigenvalue weighted by molar-refractivity contribution is 6.31. The van der Waals surface area contributed by atoms with E-state index < -0.39 is 11.9 Å². The van der Waals surface area contributed by atoms with Gasteiger partial charge in [0.15, 0.2) is 10.9 Å². The first-order valence-corrected chi connectivity index (χ1v) is 5.23.